The van der Waals surface area contributed by atoms with Gasteiger partial charge >= 0.3 is 5.97 Å². The van der Waals surface area contributed by atoms with Crippen LogP contribution in [0, 0.1) is 19.8 Å². The summed E-state index contributed by atoms with van der Waals surface area (Å²) in [7, 11) is 1.62. The highest BCUT2D eigenvalue weighted by Crippen LogP contribution is 2.40. The number of aromatic nitrogens is 1. The van der Waals surface area contributed by atoms with Crippen molar-refractivity contribution in [1.29, 1.82) is 0 Å². The molecule has 1 amide bonds. The van der Waals surface area contributed by atoms with E-state index in [1.807, 2.05) is 44.3 Å². The molecule has 3 aromatic rings. The number of pyridine rings is 1. The van der Waals surface area contributed by atoms with Crippen LogP contribution in [-0.2, 0) is 4.79 Å². The van der Waals surface area contributed by atoms with E-state index in [1.165, 1.54) is 24.2 Å². The molecular formula is C29H35N3O4. The number of hydrogen-bond donors (Lipinski definition) is 2. The highest BCUT2D eigenvalue weighted by molar-refractivity contribution is 5.94. The number of anilines is 1. The number of carboxylic acids is 1. The van der Waals surface area contributed by atoms with Crippen molar-refractivity contribution in [2.24, 2.45) is 5.92 Å². The maximum Gasteiger partial charge on any atom is 0.305 e. The van der Waals surface area contributed by atoms with Crippen LogP contribution in [0.25, 0.3) is 11.3 Å². The van der Waals surface area contributed by atoms with Gasteiger partial charge in [0.25, 0.3) is 5.91 Å². The van der Waals surface area contributed by atoms with Crippen molar-refractivity contribution in [3.8, 4) is 11.3 Å². The third-order valence-corrected chi connectivity index (χ3v) is 7.07. The molecule has 4 rings (SSSR count). The van der Waals surface area contributed by atoms with E-state index in [-0.39, 0.29) is 24.9 Å². The van der Waals surface area contributed by atoms with Crippen molar-refractivity contribution in [2.75, 3.05) is 18.9 Å². The van der Waals surface area contributed by atoms with Gasteiger partial charge in [0, 0.05) is 47.9 Å². The van der Waals surface area contributed by atoms with Crippen molar-refractivity contribution in [1.82, 2.24) is 9.88 Å². The number of aryl methyl sites for hydroxylation is 2. The zero-order valence-corrected chi connectivity index (χ0v) is 21.3. The molecule has 0 radical (unpaired) electrons. The van der Waals surface area contributed by atoms with E-state index in [4.69, 9.17) is 9.52 Å². The van der Waals surface area contributed by atoms with E-state index in [9.17, 15) is 9.59 Å². The summed E-state index contributed by atoms with van der Waals surface area (Å²) in [5.74, 6) is 1.11. The second-order valence-corrected chi connectivity index (χ2v) is 9.78. The molecule has 1 aliphatic carbocycles. The Balaban J connectivity index is 1.55. The van der Waals surface area contributed by atoms with Crippen LogP contribution in [0.2, 0.25) is 0 Å². The lowest BCUT2D eigenvalue weighted by Gasteiger charge is -2.31. The van der Waals surface area contributed by atoms with Crippen LogP contribution in [0.5, 0.6) is 0 Å². The van der Waals surface area contributed by atoms with Crippen molar-refractivity contribution >= 4 is 17.6 Å². The number of nitrogens with zero attached hydrogens (tertiary/aromatic N) is 2. The molecule has 0 spiro atoms. The van der Waals surface area contributed by atoms with Gasteiger partial charge < -0.3 is 19.7 Å². The van der Waals surface area contributed by atoms with E-state index in [0.29, 0.717) is 11.5 Å². The third-order valence-electron chi connectivity index (χ3n) is 7.07. The second-order valence-electron chi connectivity index (χ2n) is 9.78. The number of amides is 1. The molecular weight excluding hydrogens is 454 g/mol. The van der Waals surface area contributed by atoms with E-state index in [2.05, 4.69) is 16.4 Å². The topological polar surface area (TPSA) is 95.7 Å². The molecule has 1 saturated carbocycles. The van der Waals surface area contributed by atoms with Crippen LogP contribution >= 0.6 is 0 Å². The Hall–Kier alpha value is -3.61. The van der Waals surface area contributed by atoms with Gasteiger partial charge in [-0.3, -0.25) is 14.6 Å². The van der Waals surface area contributed by atoms with Gasteiger partial charge in [0.05, 0.1) is 12.5 Å². The summed E-state index contributed by atoms with van der Waals surface area (Å²) in [6.07, 6.45) is 7.83. The quantitative estimate of drug-likeness (QED) is 0.369. The van der Waals surface area contributed by atoms with Crippen molar-refractivity contribution < 1.29 is 19.1 Å². The fourth-order valence-corrected chi connectivity index (χ4v) is 4.95. The first kappa shape index (κ1) is 25.5. The zero-order valence-electron chi connectivity index (χ0n) is 21.3. The fourth-order valence-electron chi connectivity index (χ4n) is 4.95. The molecule has 1 unspecified atom stereocenters. The first-order valence-corrected chi connectivity index (χ1v) is 12.7. The van der Waals surface area contributed by atoms with Crippen LogP contribution in [0.4, 0.5) is 5.69 Å². The van der Waals surface area contributed by atoms with Gasteiger partial charge in [-0.2, -0.15) is 0 Å². The van der Waals surface area contributed by atoms with Crippen molar-refractivity contribution in [2.45, 2.75) is 58.4 Å². The Morgan fingerprint density at radius 2 is 1.83 bits per heavy atom. The van der Waals surface area contributed by atoms with Crippen LogP contribution < -0.4 is 5.32 Å². The summed E-state index contributed by atoms with van der Waals surface area (Å²) in [6.45, 7) is 4.17. The molecule has 0 bridgehead atoms. The van der Waals surface area contributed by atoms with Gasteiger partial charge in [-0.25, -0.2) is 0 Å². The Morgan fingerprint density at radius 3 is 2.47 bits per heavy atom. The van der Waals surface area contributed by atoms with Gasteiger partial charge in [-0.05, 0) is 75.1 Å². The van der Waals surface area contributed by atoms with Gasteiger partial charge in [0.1, 0.15) is 11.5 Å². The first-order chi connectivity index (χ1) is 17.3. The van der Waals surface area contributed by atoms with Gasteiger partial charge in [0.15, 0.2) is 0 Å². The van der Waals surface area contributed by atoms with Crippen LogP contribution in [0.15, 0.2) is 53.1 Å². The molecule has 1 aromatic carbocycles. The number of rotatable bonds is 9. The highest BCUT2D eigenvalue weighted by Gasteiger charge is 2.28. The van der Waals surface area contributed by atoms with E-state index in [1.54, 1.807) is 19.2 Å². The average Bonchev–Trinajstić information content (AvgIpc) is 3.27. The summed E-state index contributed by atoms with van der Waals surface area (Å²) in [5, 5.41) is 12.6. The van der Waals surface area contributed by atoms with Gasteiger partial charge in [-0.1, -0.05) is 19.3 Å². The van der Waals surface area contributed by atoms with Gasteiger partial charge in [-0.15, -0.1) is 0 Å². The smallest absolute Gasteiger partial charge is 0.305 e. The number of carbonyl (C=O) groups is 2. The van der Waals surface area contributed by atoms with E-state index >= 15 is 0 Å². The molecule has 190 valence electrons. The molecule has 1 atom stereocenters. The van der Waals surface area contributed by atoms with E-state index < -0.39 is 5.97 Å². The standard InChI is InChI=1S/C29H35N3O4/c1-19-9-10-23(18-30-19)26-17-25(20(2)36-26)28(21-7-5-4-6-8-21)31-24-13-11-22(12-14-24)29(35)32(3)16-15-27(33)34/h9-14,17-18,21,28,31H,4-8,15-16H2,1-3H3,(H,33,34). The summed E-state index contributed by atoms with van der Waals surface area (Å²) >= 11 is 0. The van der Waals surface area contributed by atoms with Gasteiger partial charge in [0.2, 0.25) is 0 Å². The minimum atomic E-state index is -0.917. The number of benzene rings is 1. The number of nitrogens with one attached hydrogen (secondary N) is 1. The molecule has 1 fully saturated rings. The summed E-state index contributed by atoms with van der Waals surface area (Å²) < 4.78 is 6.19. The SMILES string of the molecule is Cc1ccc(-c2cc(C(Nc3ccc(C(=O)N(C)CCC(=O)O)cc3)C3CCCCC3)c(C)o2)cn1. The second kappa shape index (κ2) is 11.4. The Bertz CT molecular complexity index is 1180. The van der Waals surface area contributed by atoms with Crippen molar-refractivity contribution in [3.63, 3.8) is 0 Å². The van der Waals surface area contributed by atoms with E-state index in [0.717, 1.165) is 46.9 Å². The number of hydrogen-bond acceptors (Lipinski definition) is 5. The molecule has 1 aliphatic rings. The average molecular weight is 490 g/mol. The first-order valence-electron chi connectivity index (χ1n) is 12.7. The van der Waals surface area contributed by atoms with Crippen LogP contribution in [0.3, 0.4) is 0 Å². The predicted molar refractivity (Wildman–Crippen MR) is 140 cm³/mol. The maximum atomic E-state index is 12.7. The van der Waals surface area contributed by atoms with Crippen LogP contribution in [0.1, 0.15) is 71.9 Å². The number of carboxylic acid groups (broad SMARTS) is 1. The summed E-state index contributed by atoms with van der Waals surface area (Å²) in [5.41, 5.74) is 4.57. The molecule has 36 heavy (non-hydrogen) atoms. The lowest BCUT2D eigenvalue weighted by Crippen LogP contribution is -2.29. The molecule has 0 aliphatic heterocycles. The monoisotopic (exact) mass is 489 g/mol. The lowest BCUT2D eigenvalue weighted by atomic mass is 9.81. The minimum absolute atomic E-state index is 0.0738. The zero-order chi connectivity index (χ0) is 25.7. The molecule has 0 saturated heterocycles. The molecule has 2 heterocycles. The molecule has 7 nitrogen and oxygen atoms in total. The predicted octanol–water partition coefficient (Wildman–Crippen LogP) is 6.24. The fraction of sp³-hybridized carbons (Fsp3) is 0.414. The normalized spacial score (nSPS) is 14.9. The summed E-state index contributed by atoms with van der Waals surface area (Å²) in [6, 6.07) is 13.7. The number of aliphatic carboxylic acids is 1. The Morgan fingerprint density at radius 1 is 1.11 bits per heavy atom. The number of furan rings is 1. The maximum absolute atomic E-state index is 12.7. The Kier molecular flexibility index (Phi) is 8.08. The van der Waals surface area contributed by atoms with Crippen LogP contribution in [-0.4, -0.2) is 40.5 Å². The third kappa shape index (κ3) is 6.14. The minimum Gasteiger partial charge on any atom is -0.481 e. The highest BCUT2D eigenvalue weighted by atomic mass is 16.4. The number of carbonyl (C=O) groups excluding carboxylic acids is 1. The van der Waals surface area contributed by atoms with Crippen molar-refractivity contribution in [3.05, 3.63) is 71.2 Å². The lowest BCUT2D eigenvalue weighted by molar-refractivity contribution is -0.137. The molecule has 2 N–H and O–H groups in total. The summed E-state index contributed by atoms with van der Waals surface area (Å²) in [4.78, 5) is 29.3. The molecule has 7 heteroatoms. The largest absolute Gasteiger partial charge is 0.481 e. The molecule has 2 aromatic heterocycles. The Labute approximate surface area is 212 Å².